The third kappa shape index (κ3) is 4.88. The maximum absolute atomic E-state index is 12.5. The van der Waals surface area contributed by atoms with E-state index in [2.05, 4.69) is 25.7 Å². The number of nitrogens with zero attached hydrogens (tertiary/aromatic N) is 4. The summed E-state index contributed by atoms with van der Waals surface area (Å²) >= 11 is 0. The van der Waals surface area contributed by atoms with Crippen LogP contribution in [0.1, 0.15) is 17.2 Å². The number of carbonyl (C=O) groups excluding carboxylic acids is 1. The highest BCUT2D eigenvalue weighted by atomic mass is 16.2. The summed E-state index contributed by atoms with van der Waals surface area (Å²) in [6.45, 7) is 0.999. The zero-order valence-corrected chi connectivity index (χ0v) is 16.3. The van der Waals surface area contributed by atoms with Crippen molar-refractivity contribution in [3.05, 3.63) is 103 Å². The van der Waals surface area contributed by atoms with Crippen molar-refractivity contribution in [2.45, 2.75) is 12.6 Å². The van der Waals surface area contributed by atoms with Crippen molar-refractivity contribution in [3.8, 4) is 11.4 Å². The fourth-order valence-corrected chi connectivity index (χ4v) is 3.17. The van der Waals surface area contributed by atoms with Crippen molar-refractivity contribution in [2.75, 3.05) is 6.54 Å². The van der Waals surface area contributed by atoms with Crippen LogP contribution in [0, 0.1) is 0 Å². The summed E-state index contributed by atoms with van der Waals surface area (Å²) < 4.78 is 1.77. The maximum atomic E-state index is 12.5. The van der Waals surface area contributed by atoms with Gasteiger partial charge in [0, 0.05) is 25.1 Å². The first-order valence-corrected chi connectivity index (χ1v) is 9.74. The van der Waals surface area contributed by atoms with Gasteiger partial charge in [0.25, 0.3) is 0 Å². The molecule has 0 aliphatic carbocycles. The summed E-state index contributed by atoms with van der Waals surface area (Å²) in [5.74, 6) is 0. The summed E-state index contributed by atoms with van der Waals surface area (Å²) in [6.07, 6.45) is 6.79. The second-order valence-electron chi connectivity index (χ2n) is 6.71. The molecule has 4 rings (SSSR count). The van der Waals surface area contributed by atoms with Crippen LogP contribution in [0.2, 0.25) is 0 Å². The van der Waals surface area contributed by atoms with Crippen molar-refractivity contribution in [2.24, 2.45) is 0 Å². The minimum Gasteiger partial charge on any atom is -0.336 e. The Morgan fingerprint density at radius 3 is 2.23 bits per heavy atom. The van der Waals surface area contributed by atoms with E-state index >= 15 is 0 Å². The van der Waals surface area contributed by atoms with Gasteiger partial charge in [-0.2, -0.15) is 5.10 Å². The van der Waals surface area contributed by atoms with Gasteiger partial charge in [0.1, 0.15) is 11.4 Å². The van der Waals surface area contributed by atoms with Gasteiger partial charge in [0.2, 0.25) is 0 Å². The molecule has 7 heteroatoms. The maximum Gasteiger partial charge on any atom is 0.315 e. The SMILES string of the molecule is O=C(NCCn1ccc(-c2cnccn2)n1)NC(c1ccccc1)c1ccccc1. The highest BCUT2D eigenvalue weighted by Gasteiger charge is 2.16. The molecule has 0 unspecified atom stereocenters. The number of hydrogen-bond donors (Lipinski definition) is 2. The predicted octanol–water partition coefficient (Wildman–Crippen LogP) is 3.43. The van der Waals surface area contributed by atoms with E-state index < -0.39 is 0 Å². The number of carbonyl (C=O) groups is 1. The van der Waals surface area contributed by atoms with Gasteiger partial charge in [-0.25, -0.2) is 4.79 Å². The smallest absolute Gasteiger partial charge is 0.315 e. The molecule has 0 radical (unpaired) electrons. The van der Waals surface area contributed by atoms with E-state index in [0.717, 1.165) is 22.5 Å². The van der Waals surface area contributed by atoms with E-state index in [1.165, 1.54) is 0 Å². The molecule has 0 atom stereocenters. The summed E-state index contributed by atoms with van der Waals surface area (Å²) in [4.78, 5) is 20.8. The van der Waals surface area contributed by atoms with Crippen LogP contribution in [0.15, 0.2) is 91.5 Å². The van der Waals surface area contributed by atoms with Crippen molar-refractivity contribution in [1.29, 1.82) is 0 Å². The van der Waals surface area contributed by atoms with Gasteiger partial charge in [-0.3, -0.25) is 14.6 Å². The normalized spacial score (nSPS) is 10.7. The first-order chi connectivity index (χ1) is 14.8. The third-order valence-corrected chi connectivity index (χ3v) is 4.63. The van der Waals surface area contributed by atoms with E-state index in [9.17, 15) is 4.79 Å². The number of hydrogen-bond acceptors (Lipinski definition) is 4. The third-order valence-electron chi connectivity index (χ3n) is 4.63. The van der Waals surface area contributed by atoms with Crippen molar-refractivity contribution < 1.29 is 4.79 Å². The largest absolute Gasteiger partial charge is 0.336 e. The second kappa shape index (κ2) is 9.47. The Morgan fingerprint density at radius 2 is 1.60 bits per heavy atom. The molecule has 0 aliphatic heterocycles. The number of amides is 2. The summed E-state index contributed by atoms with van der Waals surface area (Å²) in [5.41, 5.74) is 3.52. The van der Waals surface area contributed by atoms with E-state index in [1.54, 1.807) is 23.3 Å². The van der Waals surface area contributed by atoms with E-state index in [4.69, 9.17) is 0 Å². The predicted molar refractivity (Wildman–Crippen MR) is 115 cm³/mol. The summed E-state index contributed by atoms with van der Waals surface area (Å²) in [7, 11) is 0. The van der Waals surface area contributed by atoms with Crippen molar-refractivity contribution in [1.82, 2.24) is 30.4 Å². The van der Waals surface area contributed by atoms with Crippen LogP contribution < -0.4 is 10.6 Å². The molecule has 2 N–H and O–H groups in total. The van der Waals surface area contributed by atoms with Gasteiger partial charge in [0.05, 0.1) is 18.8 Å². The summed E-state index contributed by atoms with van der Waals surface area (Å²) in [5, 5.41) is 10.5. The van der Waals surface area contributed by atoms with Crippen LogP contribution in [-0.4, -0.2) is 32.3 Å². The molecular weight excluding hydrogens is 376 g/mol. The lowest BCUT2D eigenvalue weighted by Gasteiger charge is -2.20. The second-order valence-corrected chi connectivity index (χ2v) is 6.71. The topological polar surface area (TPSA) is 84.7 Å². The number of urea groups is 1. The minimum atomic E-state index is -0.228. The molecule has 30 heavy (non-hydrogen) atoms. The van der Waals surface area contributed by atoms with E-state index in [0.29, 0.717) is 13.1 Å². The number of aromatic nitrogens is 4. The van der Waals surface area contributed by atoms with Gasteiger partial charge in [-0.15, -0.1) is 0 Å². The van der Waals surface area contributed by atoms with Crippen LogP contribution in [0.4, 0.5) is 4.79 Å². The van der Waals surface area contributed by atoms with Crippen molar-refractivity contribution in [3.63, 3.8) is 0 Å². The molecule has 0 fully saturated rings. The highest BCUT2D eigenvalue weighted by Crippen LogP contribution is 2.21. The lowest BCUT2D eigenvalue weighted by Crippen LogP contribution is -2.39. The Morgan fingerprint density at radius 1 is 0.900 bits per heavy atom. The zero-order valence-electron chi connectivity index (χ0n) is 16.3. The monoisotopic (exact) mass is 398 g/mol. The van der Waals surface area contributed by atoms with Crippen LogP contribution in [0.5, 0.6) is 0 Å². The number of benzene rings is 2. The minimum absolute atomic E-state index is 0.222. The fraction of sp³-hybridized carbons (Fsp3) is 0.130. The van der Waals surface area contributed by atoms with Crippen molar-refractivity contribution >= 4 is 6.03 Å². The highest BCUT2D eigenvalue weighted by molar-refractivity contribution is 5.75. The van der Waals surface area contributed by atoms with Crippen LogP contribution in [-0.2, 0) is 6.54 Å². The van der Waals surface area contributed by atoms with Crippen LogP contribution >= 0.6 is 0 Å². The zero-order chi connectivity index (χ0) is 20.6. The molecule has 0 spiro atoms. The molecule has 2 aromatic heterocycles. The molecule has 2 heterocycles. The van der Waals surface area contributed by atoms with Gasteiger partial charge >= 0.3 is 6.03 Å². The Balaban J connectivity index is 1.35. The molecular formula is C23H22N6O. The first kappa shape index (κ1) is 19.3. The quantitative estimate of drug-likeness (QED) is 0.500. The van der Waals surface area contributed by atoms with Gasteiger partial charge in [0.15, 0.2) is 0 Å². The molecule has 0 aliphatic rings. The molecule has 0 saturated carbocycles. The van der Waals surface area contributed by atoms with Crippen LogP contribution in [0.25, 0.3) is 11.4 Å². The standard InChI is InChI=1S/C23H22N6O/c30-23(26-14-16-29-15-11-20(28-29)21-17-24-12-13-25-21)27-22(18-7-3-1-4-8-18)19-9-5-2-6-10-19/h1-13,15,17,22H,14,16H2,(H2,26,27,30). The molecule has 0 saturated heterocycles. The molecule has 4 aromatic rings. The van der Waals surface area contributed by atoms with Crippen LogP contribution in [0.3, 0.4) is 0 Å². The molecule has 2 amide bonds. The Bertz CT molecular complexity index is 1030. The fourth-order valence-electron chi connectivity index (χ4n) is 3.17. The van der Waals surface area contributed by atoms with Gasteiger partial charge < -0.3 is 10.6 Å². The average molecular weight is 398 g/mol. The Hall–Kier alpha value is -4.00. The number of rotatable bonds is 7. The molecule has 150 valence electrons. The lowest BCUT2D eigenvalue weighted by molar-refractivity contribution is 0.238. The summed E-state index contributed by atoms with van der Waals surface area (Å²) in [6, 6.07) is 21.3. The first-order valence-electron chi connectivity index (χ1n) is 9.74. The lowest BCUT2D eigenvalue weighted by atomic mass is 9.99. The Labute approximate surface area is 174 Å². The molecule has 0 bridgehead atoms. The van der Waals surface area contributed by atoms with Gasteiger partial charge in [-0.1, -0.05) is 60.7 Å². The average Bonchev–Trinajstić information content (AvgIpc) is 3.28. The Kier molecular flexibility index (Phi) is 6.10. The van der Waals surface area contributed by atoms with E-state index in [1.807, 2.05) is 72.9 Å². The molecule has 2 aromatic carbocycles. The molecule has 7 nitrogen and oxygen atoms in total. The van der Waals surface area contributed by atoms with E-state index in [-0.39, 0.29) is 12.1 Å². The van der Waals surface area contributed by atoms with Gasteiger partial charge in [-0.05, 0) is 17.2 Å². The number of nitrogens with one attached hydrogen (secondary N) is 2.